The molecule has 0 radical (unpaired) electrons. The van der Waals surface area contributed by atoms with Crippen LogP contribution in [0, 0.1) is 0 Å². The fraction of sp³-hybridized carbons (Fsp3) is 0.474. The summed E-state index contributed by atoms with van der Waals surface area (Å²) < 4.78 is 6.49. The van der Waals surface area contributed by atoms with Gasteiger partial charge in [-0.25, -0.2) is 5.43 Å². The fourth-order valence-electron chi connectivity index (χ4n) is 3.26. The normalized spacial score (nSPS) is 17.9. The van der Waals surface area contributed by atoms with Gasteiger partial charge in [-0.2, -0.15) is 20.1 Å². The molecule has 2 saturated heterocycles. The number of benzene rings is 1. The number of hydrazone groups is 1. The lowest BCUT2D eigenvalue weighted by Gasteiger charge is -2.30. The average Bonchev–Trinajstić information content (AvgIpc) is 2.76. The van der Waals surface area contributed by atoms with Gasteiger partial charge < -0.3 is 14.5 Å². The lowest BCUT2D eigenvalue weighted by Crippen LogP contribution is -2.38. The number of halogens is 1. The van der Waals surface area contributed by atoms with Crippen molar-refractivity contribution >= 4 is 40.0 Å². The van der Waals surface area contributed by atoms with Crippen LogP contribution in [-0.2, 0) is 4.74 Å². The van der Waals surface area contributed by atoms with Gasteiger partial charge >= 0.3 is 0 Å². The van der Waals surface area contributed by atoms with E-state index in [1.54, 1.807) is 6.21 Å². The molecule has 0 atom stereocenters. The minimum atomic E-state index is 0.463. The first-order valence-electron chi connectivity index (χ1n) is 9.66. The van der Waals surface area contributed by atoms with E-state index in [1.807, 2.05) is 24.3 Å². The molecule has 8 nitrogen and oxygen atoms in total. The topological polar surface area (TPSA) is 78.8 Å². The number of anilines is 3. The van der Waals surface area contributed by atoms with Crippen LogP contribution in [0.3, 0.4) is 0 Å². The van der Waals surface area contributed by atoms with Gasteiger partial charge in [0.05, 0.1) is 19.4 Å². The molecular formula is C19H24BrN7O. The van der Waals surface area contributed by atoms with E-state index in [1.165, 1.54) is 19.3 Å². The van der Waals surface area contributed by atoms with E-state index < -0.39 is 0 Å². The predicted octanol–water partition coefficient (Wildman–Crippen LogP) is 2.91. The Morgan fingerprint density at radius 2 is 1.54 bits per heavy atom. The first-order valence-corrected chi connectivity index (χ1v) is 10.5. The maximum absolute atomic E-state index is 5.45. The van der Waals surface area contributed by atoms with Gasteiger partial charge in [0.25, 0.3) is 0 Å². The largest absolute Gasteiger partial charge is 0.378 e. The zero-order chi connectivity index (χ0) is 19.2. The van der Waals surface area contributed by atoms with Crippen molar-refractivity contribution in [1.82, 2.24) is 15.0 Å². The van der Waals surface area contributed by atoms with Crippen molar-refractivity contribution in [1.29, 1.82) is 0 Å². The van der Waals surface area contributed by atoms with E-state index in [-0.39, 0.29) is 0 Å². The molecule has 0 aliphatic carbocycles. The molecule has 1 aromatic carbocycles. The zero-order valence-electron chi connectivity index (χ0n) is 15.7. The number of morpholine rings is 1. The Bertz CT molecular complexity index is 766. The van der Waals surface area contributed by atoms with Crippen LogP contribution in [0.5, 0.6) is 0 Å². The molecule has 0 spiro atoms. The minimum Gasteiger partial charge on any atom is -0.378 e. The molecule has 2 aliphatic heterocycles. The van der Waals surface area contributed by atoms with Crippen LogP contribution in [0.2, 0.25) is 0 Å². The second-order valence-electron chi connectivity index (χ2n) is 6.83. The summed E-state index contributed by atoms with van der Waals surface area (Å²) in [6, 6.07) is 7.94. The molecule has 4 rings (SSSR count). The molecule has 0 amide bonds. The highest BCUT2D eigenvalue weighted by Crippen LogP contribution is 2.21. The number of hydrogen-bond acceptors (Lipinski definition) is 8. The SMILES string of the molecule is Brc1ccc(/C=N\Nc2nc(N3CCCCC3)nc(N3CCOCC3)n2)cc1. The molecule has 1 N–H and O–H groups in total. The molecule has 2 fully saturated rings. The number of nitrogens with zero attached hydrogens (tertiary/aromatic N) is 6. The van der Waals surface area contributed by atoms with Crippen LogP contribution < -0.4 is 15.2 Å². The van der Waals surface area contributed by atoms with Gasteiger partial charge in [0, 0.05) is 30.7 Å². The van der Waals surface area contributed by atoms with Gasteiger partial charge in [-0.05, 0) is 37.0 Å². The van der Waals surface area contributed by atoms with Crippen molar-refractivity contribution in [2.75, 3.05) is 54.6 Å². The van der Waals surface area contributed by atoms with Gasteiger partial charge in [0.1, 0.15) is 0 Å². The van der Waals surface area contributed by atoms with Gasteiger partial charge in [0.2, 0.25) is 17.8 Å². The summed E-state index contributed by atoms with van der Waals surface area (Å²) in [6.45, 7) is 4.91. The standard InChI is InChI=1S/C19H24BrN7O/c20-16-6-4-15(5-7-16)14-21-25-17-22-18(26-8-2-1-3-9-26)24-19(23-17)27-10-12-28-13-11-27/h4-7,14H,1-3,8-13H2,(H,22,23,24,25)/b21-14-. The van der Waals surface area contributed by atoms with Crippen LogP contribution in [0.15, 0.2) is 33.8 Å². The number of aromatic nitrogens is 3. The summed E-state index contributed by atoms with van der Waals surface area (Å²) >= 11 is 3.44. The third-order valence-corrected chi connectivity index (χ3v) is 5.32. The summed E-state index contributed by atoms with van der Waals surface area (Å²) in [7, 11) is 0. The number of piperidine rings is 1. The second-order valence-corrected chi connectivity index (χ2v) is 7.74. The van der Waals surface area contributed by atoms with E-state index >= 15 is 0 Å². The molecule has 0 saturated carbocycles. The predicted molar refractivity (Wildman–Crippen MR) is 114 cm³/mol. The van der Waals surface area contributed by atoms with Gasteiger partial charge in [-0.1, -0.05) is 28.1 Å². The summed E-state index contributed by atoms with van der Waals surface area (Å²) in [5, 5.41) is 4.31. The summed E-state index contributed by atoms with van der Waals surface area (Å²) in [5.74, 6) is 1.86. The third-order valence-electron chi connectivity index (χ3n) is 4.79. The van der Waals surface area contributed by atoms with Gasteiger partial charge in [0.15, 0.2) is 0 Å². The van der Waals surface area contributed by atoms with Crippen LogP contribution in [0.4, 0.5) is 17.8 Å². The van der Waals surface area contributed by atoms with Crippen molar-refractivity contribution in [3.05, 3.63) is 34.3 Å². The van der Waals surface area contributed by atoms with Crippen molar-refractivity contribution in [2.24, 2.45) is 5.10 Å². The molecule has 3 heterocycles. The Morgan fingerprint density at radius 1 is 0.893 bits per heavy atom. The summed E-state index contributed by atoms with van der Waals surface area (Å²) in [4.78, 5) is 18.3. The molecular weight excluding hydrogens is 422 g/mol. The maximum atomic E-state index is 5.45. The molecule has 148 valence electrons. The lowest BCUT2D eigenvalue weighted by molar-refractivity contribution is 0.122. The Morgan fingerprint density at radius 3 is 2.21 bits per heavy atom. The van der Waals surface area contributed by atoms with E-state index in [9.17, 15) is 0 Å². The lowest BCUT2D eigenvalue weighted by atomic mass is 10.1. The van der Waals surface area contributed by atoms with Gasteiger partial charge in [-0.3, -0.25) is 0 Å². The average molecular weight is 446 g/mol. The highest BCUT2D eigenvalue weighted by atomic mass is 79.9. The van der Waals surface area contributed by atoms with Crippen molar-refractivity contribution in [2.45, 2.75) is 19.3 Å². The molecule has 9 heteroatoms. The first-order chi connectivity index (χ1) is 13.8. The van der Waals surface area contributed by atoms with Crippen molar-refractivity contribution in [3.63, 3.8) is 0 Å². The number of nitrogens with one attached hydrogen (secondary N) is 1. The molecule has 1 aromatic heterocycles. The highest BCUT2D eigenvalue weighted by molar-refractivity contribution is 9.10. The number of ether oxygens (including phenoxy) is 1. The quantitative estimate of drug-likeness (QED) is 0.559. The monoisotopic (exact) mass is 445 g/mol. The molecule has 0 bridgehead atoms. The zero-order valence-corrected chi connectivity index (χ0v) is 17.3. The van der Waals surface area contributed by atoms with Crippen LogP contribution in [0.1, 0.15) is 24.8 Å². The Labute approximate surface area is 173 Å². The van der Waals surface area contributed by atoms with Crippen LogP contribution in [-0.4, -0.2) is 60.6 Å². The number of rotatable bonds is 5. The Hall–Kier alpha value is -2.26. The van der Waals surface area contributed by atoms with Crippen molar-refractivity contribution < 1.29 is 4.74 Å². The van der Waals surface area contributed by atoms with E-state index in [4.69, 9.17) is 9.72 Å². The fourth-order valence-corrected chi connectivity index (χ4v) is 3.52. The molecule has 28 heavy (non-hydrogen) atoms. The maximum Gasteiger partial charge on any atom is 0.250 e. The Kier molecular flexibility index (Phi) is 6.33. The summed E-state index contributed by atoms with van der Waals surface area (Å²) in [5.41, 5.74) is 3.97. The van der Waals surface area contributed by atoms with Crippen LogP contribution in [0.25, 0.3) is 0 Å². The van der Waals surface area contributed by atoms with E-state index in [2.05, 4.69) is 46.2 Å². The van der Waals surface area contributed by atoms with E-state index in [0.29, 0.717) is 25.1 Å². The molecule has 2 aromatic rings. The first kappa shape index (κ1) is 19.1. The smallest absolute Gasteiger partial charge is 0.250 e. The Balaban J connectivity index is 1.54. The molecule has 2 aliphatic rings. The van der Waals surface area contributed by atoms with Crippen LogP contribution >= 0.6 is 15.9 Å². The number of hydrogen-bond donors (Lipinski definition) is 1. The summed E-state index contributed by atoms with van der Waals surface area (Å²) in [6.07, 6.45) is 5.36. The third kappa shape index (κ3) is 4.96. The molecule has 0 unspecified atom stereocenters. The van der Waals surface area contributed by atoms with Gasteiger partial charge in [-0.15, -0.1) is 0 Å². The van der Waals surface area contributed by atoms with E-state index in [0.717, 1.165) is 42.2 Å². The minimum absolute atomic E-state index is 0.463. The van der Waals surface area contributed by atoms with Crippen molar-refractivity contribution in [3.8, 4) is 0 Å². The second kappa shape index (κ2) is 9.29. The highest BCUT2D eigenvalue weighted by Gasteiger charge is 2.20.